The van der Waals surface area contributed by atoms with Crippen molar-refractivity contribution < 1.29 is 4.79 Å². The predicted molar refractivity (Wildman–Crippen MR) is 152 cm³/mol. The average Bonchev–Trinajstić information content (AvgIpc) is 3.31. The molecule has 11 heteroatoms. The molecule has 1 aliphatic rings. The number of hydrazine groups is 1. The van der Waals surface area contributed by atoms with E-state index in [0.717, 1.165) is 25.1 Å². The Kier molecular flexibility index (Phi) is 9.06. The second kappa shape index (κ2) is 12.4. The van der Waals surface area contributed by atoms with Crippen LogP contribution in [-0.2, 0) is 11.2 Å². The number of anilines is 1. The van der Waals surface area contributed by atoms with E-state index in [0.29, 0.717) is 40.9 Å². The molecule has 1 fully saturated rings. The van der Waals surface area contributed by atoms with Crippen LogP contribution in [-0.4, -0.2) is 47.0 Å². The van der Waals surface area contributed by atoms with Crippen LogP contribution in [0.2, 0.25) is 5.02 Å². The molecule has 1 amide bonds. The molecule has 5 N–H and O–H groups in total. The number of nitrogens with two attached hydrogens (primary N) is 2. The van der Waals surface area contributed by atoms with Gasteiger partial charge in [0.15, 0.2) is 0 Å². The molecule has 2 unspecified atom stereocenters. The van der Waals surface area contributed by atoms with Crippen molar-refractivity contribution in [1.82, 2.24) is 19.8 Å². The van der Waals surface area contributed by atoms with Crippen LogP contribution in [0.15, 0.2) is 77.1 Å². The van der Waals surface area contributed by atoms with E-state index in [2.05, 4.69) is 22.2 Å². The van der Waals surface area contributed by atoms with E-state index in [1.165, 1.54) is 28.2 Å². The van der Waals surface area contributed by atoms with Gasteiger partial charge in [0.2, 0.25) is 5.91 Å². The van der Waals surface area contributed by atoms with E-state index in [1.54, 1.807) is 18.2 Å². The molecule has 0 aliphatic carbocycles. The zero-order chi connectivity index (χ0) is 27.2. The van der Waals surface area contributed by atoms with Crippen LogP contribution in [0.3, 0.4) is 0 Å². The molecule has 38 heavy (non-hydrogen) atoms. The minimum Gasteiger partial charge on any atom is -0.388 e. The van der Waals surface area contributed by atoms with E-state index in [4.69, 9.17) is 34.8 Å². The van der Waals surface area contributed by atoms with Crippen LogP contribution in [0.4, 0.5) is 5.69 Å². The first kappa shape index (κ1) is 27.7. The summed E-state index contributed by atoms with van der Waals surface area (Å²) < 4.78 is 1.37. The van der Waals surface area contributed by atoms with Gasteiger partial charge < -0.3 is 16.0 Å². The number of rotatable bonds is 9. The highest BCUT2D eigenvalue weighted by Gasteiger charge is 2.26. The van der Waals surface area contributed by atoms with Crippen LogP contribution >= 0.6 is 23.2 Å². The number of carbonyl (C=O) groups is 1. The first-order chi connectivity index (χ1) is 18.2. The maximum absolute atomic E-state index is 13.4. The quantitative estimate of drug-likeness (QED) is 0.210. The lowest BCUT2D eigenvalue weighted by atomic mass is 10.0. The van der Waals surface area contributed by atoms with Crippen molar-refractivity contribution in [2.75, 3.05) is 31.7 Å². The van der Waals surface area contributed by atoms with Crippen LogP contribution in [0.5, 0.6) is 0 Å². The van der Waals surface area contributed by atoms with Gasteiger partial charge >= 0.3 is 0 Å². The number of hydrogen-bond donors (Lipinski definition) is 3. The summed E-state index contributed by atoms with van der Waals surface area (Å²) in [5, 5.41) is 4.71. The summed E-state index contributed by atoms with van der Waals surface area (Å²) in [4.78, 5) is 33.6. The summed E-state index contributed by atoms with van der Waals surface area (Å²) in [7, 11) is 2.07. The van der Waals surface area contributed by atoms with Gasteiger partial charge in [-0.2, -0.15) is 0 Å². The van der Waals surface area contributed by atoms with Gasteiger partial charge in [-0.1, -0.05) is 53.5 Å². The van der Waals surface area contributed by atoms with Crippen molar-refractivity contribution in [1.29, 1.82) is 0 Å². The van der Waals surface area contributed by atoms with Gasteiger partial charge in [0.1, 0.15) is 11.2 Å². The molecule has 2 atom stereocenters. The maximum atomic E-state index is 13.4. The Balaban J connectivity index is 1.65. The number of nitrogens with zero attached hydrogens (tertiary/aromatic N) is 4. The molecule has 2 aromatic carbocycles. The standard InChI is InChI=1S/C27H31Cl2N7O2/c1-34-10-9-19(15-34)14-32-27(38)24(11-18-5-3-2-4-6-18)35-17-33-22(13-26(35)37)21-12-20(28)7-8-23(21)36(31)16-25(29)30/h2-8,12-13,16-17,19,24H,9-11,14-15,30-31H2,1H3,(H,32,38)/b25-16-. The van der Waals surface area contributed by atoms with Crippen LogP contribution in [0, 0.1) is 5.92 Å². The Hall–Kier alpha value is -3.37. The number of amides is 1. The third kappa shape index (κ3) is 6.93. The average molecular weight is 556 g/mol. The summed E-state index contributed by atoms with van der Waals surface area (Å²) in [5.74, 6) is 6.26. The summed E-state index contributed by atoms with van der Waals surface area (Å²) >= 11 is 12.0. The molecule has 0 spiro atoms. The molecule has 0 bridgehead atoms. The van der Waals surface area contributed by atoms with Crippen molar-refractivity contribution >= 4 is 34.8 Å². The van der Waals surface area contributed by atoms with E-state index < -0.39 is 6.04 Å². The fraction of sp³-hybridized carbons (Fsp3) is 0.296. The molecule has 1 aliphatic heterocycles. The first-order valence-electron chi connectivity index (χ1n) is 12.3. The number of halogens is 2. The summed E-state index contributed by atoms with van der Waals surface area (Å²) in [5.41, 5.74) is 7.45. The van der Waals surface area contributed by atoms with E-state index in [1.807, 2.05) is 30.3 Å². The normalized spacial score (nSPS) is 16.8. The van der Waals surface area contributed by atoms with Crippen molar-refractivity contribution in [3.05, 3.63) is 93.2 Å². The summed E-state index contributed by atoms with van der Waals surface area (Å²) in [6, 6.07) is 15.2. The van der Waals surface area contributed by atoms with Crippen LogP contribution in [0.1, 0.15) is 18.0 Å². The second-order valence-corrected chi connectivity index (χ2v) is 10.3. The van der Waals surface area contributed by atoms with Gasteiger partial charge in [-0.3, -0.25) is 19.2 Å². The van der Waals surface area contributed by atoms with Gasteiger partial charge in [-0.05, 0) is 49.7 Å². The zero-order valence-electron chi connectivity index (χ0n) is 21.1. The molecule has 1 saturated heterocycles. The number of aromatic nitrogens is 2. The van der Waals surface area contributed by atoms with Crippen LogP contribution < -0.4 is 27.5 Å². The molecule has 0 saturated carbocycles. The van der Waals surface area contributed by atoms with Gasteiger partial charge in [0.25, 0.3) is 5.56 Å². The second-order valence-electron chi connectivity index (χ2n) is 9.47. The number of hydrogen-bond acceptors (Lipinski definition) is 7. The third-order valence-electron chi connectivity index (χ3n) is 6.58. The zero-order valence-corrected chi connectivity index (χ0v) is 22.6. The lowest BCUT2D eigenvalue weighted by Crippen LogP contribution is -2.40. The fourth-order valence-corrected chi connectivity index (χ4v) is 4.92. The highest BCUT2D eigenvalue weighted by molar-refractivity contribution is 6.31. The number of benzene rings is 2. The largest absolute Gasteiger partial charge is 0.388 e. The molecule has 4 rings (SSSR count). The van der Waals surface area contributed by atoms with Crippen LogP contribution in [0.25, 0.3) is 11.3 Å². The Morgan fingerprint density at radius 1 is 1.26 bits per heavy atom. The highest BCUT2D eigenvalue weighted by Crippen LogP contribution is 2.31. The Morgan fingerprint density at radius 2 is 2.03 bits per heavy atom. The first-order valence-corrected chi connectivity index (χ1v) is 13.0. The monoisotopic (exact) mass is 555 g/mol. The van der Waals surface area contributed by atoms with E-state index in [9.17, 15) is 9.59 Å². The highest BCUT2D eigenvalue weighted by atomic mass is 35.5. The number of likely N-dealkylation sites (tertiary alicyclic amines) is 1. The third-order valence-corrected chi connectivity index (χ3v) is 6.91. The van der Waals surface area contributed by atoms with Crippen molar-refractivity contribution in [3.8, 4) is 11.3 Å². The molecule has 2 heterocycles. The fourth-order valence-electron chi connectivity index (χ4n) is 4.64. The molecular formula is C27H31Cl2N7O2. The molecule has 3 aromatic rings. The lowest BCUT2D eigenvalue weighted by molar-refractivity contribution is -0.124. The van der Waals surface area contributed by atoms with Crippen molar-refractivity contribution in [3.63, 3.8) is 0 Å². The van der Waals surface area contributed by atoms with Crippen molar-refractivity contribution in [2.24, 2.45) is 17.5 Å². The van der Waals surface area contributed by atoms with E-state index in [-0.39, 0.29) is 16.6 Å². The Labute approximate surface area is 231 Å². The Morgan fingerprint density at radius 3 is 2.68 bits per heavy atom. The smallest absolute Gasteiger partial charge is 0.254 e. The number of nitrogens with one attached hydrogen (secondary N) is 1. The summed E-state index contributed by atoms with van der Waals surface area (Å²) in [6.07, 6.45) is 4.10. The molecule has 200 valence electrons. The lowest BCUT2D eigenvalue weighted by Gasteiger charge is -2.22. The molecule has 1 aromatic heterocycles. The van der Waals surface area contributed by atoms with Gasteiger partial charge in [0.05, 0.1) is 23.9 Å². The molecule has 0 radical (unpaired) electrons. The topological polar surface area (TPSA) is 123 Å². The summed E-state index contributed by atoms with van der Waals surface area (Å²) in [6.45, 7) is 2.51. The van der Waals surface area contributed by atoms with Crippen molar-refractivity contribution in [2.45, 2.75) is 18.9 Å². The maximum Gasteiger partial charge on any atom is 0.254 e. The Bertz CT molecular complexity index is 1360. The minimum atomic E-state index is -0.769. The predicted octanol–water partition coefficient (Wildman–Crippen LogP) is 3.09. The molecule has 9 nitrogen and oxygen atoms in total. The van der Waals surface area contributed by atoms with Gasteiger partial charge in [-0.25, -0.2) is 10.8 Å². The molecular weight excluding hydrogens is 525 g/mol. The minimum absolute atomic E-state index is 0.0178. The van der Waals surface area contributed by atoms with E-state index >= 15 is 0 Å². The SMILES string of the molecule is CN1CCC(CNC(=O)C(Cc2ccccc2)n2cnc(-c3cc(Cl)ccc3N(N)/C=C(\N)Cl)cc2=O)C1. The van der Waals surface area contributed by atoms with Gasteiger partial charge in [0, 0.05) is 36.2 Å². The van der Waals surface area contributed by atoms with Gasteiger partial charge in [-0.15, -0.1) is 0 Å². The number of carbonyl (C=O) groups excluding carboxylic acids is 1.